The number of benzene rings is 1. The normalized spacial score (nSPS) is 17.7. The van der Waals surface area contributed by atoms with Gasteiger partial charge in [-0.1, -0.05) is 6.92 Å². The summed E-state index contributed by atoms with van der Waals surface area (Å²) in [6.07, 6.45) is 4.69. The average molecular weight is 311 g/mol. The number of ether oxygens (including phenoxy) is 1. The van der Waals surface area contributed by atoms with Gasteiger partial charge in [-0.15, -0.1) is 0 Å². The molecule has 2 nitrogen and oxygen atoms in total. The number of hydrogen-bond donors (Lipinski definition) is 1. The molecule has 0 aliphatic carbocycles. The van der Waals surface area contributed by atoms with Crippen molar-refractivity contribution in [3.05, 3.63) is 29.6 Å². The lowest BCUT2D eigenvalue weighted by Crippen LogP contribution is -2.26. The van der Waals surface area contributed by atoms with Crippen LogP contribution in [0.3, 0.4) is 0 Å². The highest BCUT2D eigenvalue weighted by Crippen LogP contribution is 2.34. The molecule has 0 radical (unpaired) electrons. The van der Waals surface area contributed by atoms with Gasteiger partial charge in [-0.3, -0.25) is 0 Å². The van der Waals surface area contributed by atoms with E-state index in [1.54, 1.807) is 19.2 Å². The average Bonchev–Trinajstić information content (AvgIpc) is 2.52. The van der Waals surface area contributed by atoms with Crippen LogP contribution in [0, 0.1) is 11.7 Å². The van der Waals surface area contributed by atoms with Gasteiger partial charge in [0, 0.05) is 11.6 Å². The topological polar surface area (TPSA) is 21.3 Å². The fraction of sp³-hybridized carbons (Fsp3) is 0.647. The van der Waals surface area contributed by atoms with Crippen molar-refractivity contribution in [3.8, 4) is 5.75 Å². The van der Waals surface area contributed by atoms with E-state index in [-0.39, 0.29) is 11.9 Å². The Morgan fingerprint density at radius 1 is 1.38 bits per heavy atom. The van der Waals surface area contributed by atoms with Crippen LogP contribution < -0.4 is 10.1 Å². The lowest BCUT2D eigenvalue weighted by molar-refractivity contribution is 0.351. The lowest BCUT2D eigenvalue weighted by Gasteiger charge is -2.28. The number of rotatable bonds is 7. The van der Waals surface area contributed by atoms with E-state index in [0.29, 0.717) is 0 Å². The molecule has 0 spiro atoms. The SMILES string of the molecule is CCCNC(CC1CCSCC1)c1cc(F)ccc1OC. The maximum Gasteiger partial charge on any atom is 0.123 e. The largest absolute Gasteiger partial charge is 0.496 e. The minimum Gasteiger partial charge on any atom is -0.496 e. The number of hydrogen-bond acceptors (Lipinski definition) is 3. The Labute approximate surface area is 131 Å². The van der Waals surface area contributed by atoms with E-state index in [4.69, 9.17) is 4.74 Å². The van der Waals surface area contributed by atoms with E-state index in [9.17, 15) is 4.39 Å². The second-order valence-corrected chi connectivity index (χ2v) is 6.91. The van der Waals surface area contributed by atoms with Gasteiger partial charge in [-0.2, -0.15) is 11.8 Å². The fourth-order valence-electron chi connectivity index (χ4n) is 2.93. The molecular weight excluding hydrogens is 285 g/mol. The predicted octanol–water partition coefficient (Wildman–Crippen LogP) is 4.41. The van der Waals surface area contributed by atoms with Crippen LogP contribution in [-0.4, -0.2) is 25.2 Å². The molecule has 0 saturated carbocycles. The Kier molecular flexibility index (Phi) is 6.84. The van der Waals surface area contributed by atoms with Gasteiger partial charge in [0.05, 0.1) is 7.11 Å². The van der Waals surface area contributed by atoms with Gasteiger partial charge >= 0.3 is 0 Å². The first kappa shape index (κ1) is 16.6. The molecule has 2 rings (SSSR count). The minimum absolute atomic E-state index is 0.184. The van der Waals surface area contributed by atoms with Crippen LogP contribution in [-0.2, 0) is 0 Å². The van der Waals surface area contributed by atoms with Gasteiger partial charge in [-0.05, 0) is 67.9 Å². The first-order valence-corrected chi connectivity index (χ1v) is 9.04. The molecule has 21 heavy (non-hydrogen) atoms. The smallest absolute Gasteiger partial charge is 0.123 e. The van der Waals surface area contributed by atoms with E-state index >= 15 is 0 Å². The Hall–Kier alpha value is -0.740. The van der Waals surface area contributed by atoms with Gasteiger partial charge in [-0.25, -0.2) is 4.39 Å². The van der Waals surface area contributed by atoms with Gasteiger partial charge < -0.3 is 10.1 Å². The highest BCUT2D eigenvalue weighted by molar-refractivity contribution is 7.99. The van der Waals surface area contributed by atoms with E-state index in [0.717, 1.165) is 36.6 Å². The van der Waals surface area contributed by atoms with Gasteiger partial charge in [0.25, 0.3) is 0 Å². The summed E-state index contributed by atoms with van der Waals surface area (Å²) in [5.41, 5.74) is 0.962. The summed E-state index contributed by atoms with van der Waals surface area (Å²) in [5, 5.41) is 3.58. The Morgan fingerprint density at radius 3 is 2.81 bits per heavy atom. The van der Waals surface area contributed by atoms with Crippen LogP contribution in [0.4, 0.5) is 4.39 Å². The second-order valence-electron chi connectivity index (χ2n) is 5.68. The van der Waals surface area contributed by atoms with E-state index in [1.807, 2.05) is 11.8 Å². The quantitative estimate of drug-likeness (QED) is 0.806. The predicted molar refractivity (Wildman–Crippen MR) is 88.7 cm³/mol. The Balaban J connectivity index is 2.15. The van der Waals surface area contributed by atoms with Crippen molar-refractivity contribution in [3.63, 3.8) is 0 Å². The second kappa shape index (κ2) is 8.64. The molecule has 0 aromatic heterocycles. The summed E-state index contributed by atoms with van der Waals surface area (Å²) >= 11 is 2.04. The molecule has 1 heterocycles. The molecule has 1 aliphatic heterocycles. The molecule has 0 amide bonds. The molecule has 1 aliphatic rings. The number of halogens is 1. The summed E-state index contributed by atoms with van der Waals surface area (Å²) in [5.74, 6) is 3.84. The van der Waals surface area contributed by atoms with Crippen molar-refractivity contribution in [2.75, 3.05) is 25.2 Å². The van der Waals surface area contributed by atoms with Crippen LogP contribution in [0.1, 0.15) is 44.2 Å². The molecule has 0 bridgehead atoms. The van der Waals surface area contributed by atoms with Crippen molar-refractivity contribution < 1.29 is 9.13 Å². The third kappa shape index (κ3) is 4.89. The van der Waals surface area contributed by atoms with E-state index < -0.39 is 0 Å². The maximum absolute atomic E-state index is 13.7. The summed E-state index contributed by atoms with van der Waals surface area (Å²) in [6, 6.07) is 5.02. The van der Waals surface area contributed by atoms with Crippen LogP contribution in [0.2, 0.25) is 0 Å². The van der Waals surface area contributed by atoms with E-state index in [1.165, 1.54) is 30.4 Å². The summed E-state index contributed by atoms with van der Waals surface area (Å²) in [7, 11) is 1.66. The number of thioether (sulfide) groups is 1. The maximum atomic E-state index is 13.7. The van der Waals surface area contributed by atoms with Gasteiger partial charge in [0.15, 0.2) is 0 Å². The molecular formula is C17H26FNOS. The molecule has 118 valence electrons. The molecule has 1 N–H and O–H groups in total. The van der Waals surface area contributed by atoms with Crippen LogP contribution in [0.15, 0.2) is 18.2 Å². The van der Waals surface area contributed by atoms with Crippen molar-refractivity contribution in [2.24, 2.45) is 5.92 Å². The molecule has 1 aromatic carbocycles. The Bertz CT molecular complexity index is 435. The highest BCUT2D eigenvalue weighted by Gasteiger charge is 2.22. The molecule has 1 unspecified atom stereocenters. The fourth-order valence-corrected chi connectivity index (χ4v) is 4.14. The van der Waals surface area contributed by atoms with E-state index in [2.05, 4.69) is 12.2 Å². The zero-order chi connectivity index (χ0) is 15.1. The zero-order valence-corrected chi connectivity index (χ0v) is 13.8. The minimum atomic E-state index is -0.187. The molecule has 1 fully saturated rings. The first-order valence-electron chi connectivity index (χ1n) is 7.89. The number of methoxy groups -OCH3 is 1. The monoisotopic (exact) mass is 311 g/mol. The number of nitrogens with one attached hydrogen (secondary N) is 1. The van der Waals surface area contributed by atoms with Crippen LogP contribution in [0.25, 0.3) is 0 Å². The lowest BCUT2D eigenvalue weighted by atomic mass is 9.90. The van der Waals surface area contributed by atoms with Crippen molar-refractivity contribution in [2.45, 2.75) is 38.6 Å². The summed E-state index contributed by atoms with van der Waals surface area (Å²) in [4.78, 5) is 0. The van der Waals surface area contributed by atoms with Crippen molar-refractivity contribution in [1.82, 2.24) is 5.32 Å². The first-order chi connectivity index (χ1) is 10.2. The molecule has 1 saturated heterocycles. The van der Waals surface area contributed by atoms with Crippen molar-refractivity contribution >= 4 is 11.8 Å². The standard InChI is InChI=1S/C17H26FNOS/c1-3-8-19-16(11-13-6-9-21-10-7-13)15-12-14(18)4-5-17(15)20-2/h4-5,12-13,16,19H,3,6-11H2,1-2H3. The van der Waals surface area contributed by atoms with Crippen molar-refractivity contribution in [1.29, 1.82) is 0 Å². The van der Waals surface area contributed by atoms with Crippen LogP contribution >= 0.6 is 11.8 Å². The summed E-state index contributed by atoms with van der Waals surface area (Å²) in [6.45, 7) is 3.11. The van der Waals surface area contributed by atoms with Gasteiger partial charge in [0.2, 0.25) is 0 Å². The molecule has 1 aromatic rings. The highest BCUT2D eigenvalue weighted by atomic mass is 32.2. The van der Waals surface area contributed by atoms with Gasteiger partial charge in [0.1, 0.15) is 11.6 Å². The molecule has 1 atom stereocenters. The Morgan fingerprint density at radius 2 is 2.14 bits per heavy atom. The molecule has 4 heteroatoms. The third-order valence-corrected chi connectivity index (χ3v) is 5.17. The van der Waals surface area contributed by atoms with Crippen LogP contribution in [0.5, 0.6) is 5.75 Å². The third-order valence-electron chi connectivity index (χ3n) is 4.12. The summed E-state index contributed by atoms with van der Waals surface area (Å²) < 4.78 is 19.1. The zero-order valence-electron chi connectivity index (χ0n) is 13.0.